The minimum absolute atomic E-state index is 0.460. The fraction of sp³-hybridized carbons (Fsp3) is 0.308. The SMILES string of the molecule is CC(O)c1ccnn1CCc1ccccc1. The highest BCUT2D eigenvalue weighted by molar-refractivity contribution is 5.15. The molecular weight excluding hydrogens is 200 g/mol. The molecule has 1 atom stereocenters. The van der Waals surface area contributed by atoms with E-state index in [0.29, 0.717) is 0 Å². The average Bonchev–Trinajstić information content (AvgIpc) is 2.76. The molecule has 84 valence electrons. The van der Waals surface area contributed by atoms with E-state index in [-0.39, 0.29) is 0 Å². The Balaban J connectivity index is 2.02. The van der Waals surface area contributed by atoms with Crippen LogP contribution in [-0.2, 0) is 13.0 Å². The molecule has 1 N–H and O–H groups in total. The Bertz CT molecular complexity index is 434. The standard InChI is InChI=1S/C13H16N2O/c1-11(16)13-7-9-14-15(13)10-8-12-5-3-2-4-6-12/h2-7,9,11,16H,8,10H2,1H3. The largest absolute Gasteiger partial charge is 0.387 e. The quantitative estimate of drug-likeness (QED) is 0.850. The van der Waals surface area contributed by atoms with Crippen molar-refractivity contribution in [3.63, 3.8) is 0 Å². The molecule has 0 saturated heterocycles. The van der Waals surface area contributed by atoms with Gasteiger partial charge >= 0.3 is 0 Å². The zero-order valence-electron chi connectivity index (χ0n) is 9.37. The number of aliphatic hydroxyl groups is 1. The van der Waals surface area contributed by atoms with Crippen LogP contribution in [0.2, 0.25) is 0 Å². The number of nitrogens with zero attached hydrogens (tertiary/aromatic N) is 2. The monoisotopic (exact) mass is 216 g/mol. The Morgan fingerprint density at radius 1 is 1.25 bits per heavy atom. The number of hydrogen-bond acceptors (Lipinski definition) is 2. The maximum atomic E-state index is 9.53. The van der Waals surface area contributed by atoms with Gasteiger partial charge in [-0.25, -0.2) is 0 Å². The number of aromatic nitrogens is 2. The molecule has 2 aromatic rings. The fourth-order valence-electron chi connectivity index (χ4n) is 1.76. The summed E-state index contributed by atoms with van der Waals surface area (Å²) in [5, 5.41) is 13.7. The topological polar surface area (TPSA) is 38.1 Å². The molecule has 0 bridgehead atoms. The number of hydrogen-bond donors (Lipinski definition) is 1. The number of benzene rings is 1. The highest BCUT2D eigenvalue weighted by Gasteiger charge is 2.07. The third kappa shape index (κ3) is 2.49. The first-order valence-corrected chi connectivity index (χ1v) is 5.51. The highest BCUT2D eigenvalue weighted by atomic mass is 16.3. The predicted octanol–water partition coefficient (Wildman–Crippen LogP) is 2.18. The minimum Gasteiger partial charge on any atom is -0.387 e. The molecule has 1 unspecified atom stereocenters. The first-order valence-electron chi connectivity index (χ1n) is 5.51. The molecule has 3 nitrogen and oxygen atoms in total. The third-order valence-electron chi connectivity index (χ3n) is 2.63. The highest BCUT2D eigenvalue weighted by Crippen LogP contribution is 2.11. The van der Waals surface area contributed by atoms with Gasteiger partial charge < -0.3 is 5.11 Å². The summed E-state index contributed by atoms with van der Waals surface area (Å²) in [5.74, 6) is 0. The molecule has 2 rings (SSSR count). The lowest BCUT2D eigenvalue weighted by atomic mass is 10.1. The van der Waals surface area contributed by atoms with Gasteiger partial charge in [0.05, 0.1) is 11.8 Å². The van der Waals surface area contributed by atoms with Crippen LogP contribution in [0.5, 0.6) is 0 Å². The van der Waals surface area contributed by atoms with E-state index in [2.05, 4.69) is 17.2 Å². The Kier molecular flexibility index (Phi) is 3.37. The summed E-state index contributed by atoms with van der Waals surface area (Å²) in [5.41, 5.74) is 2.16. The summed E-state index contributed by atoms with van der Waals surface area (Å²) in [6.07, 6.45) is 2.20. The van der Waals surface area contributed by atoms with E-state index in [1.807, 2.05) is 28.9 Å². The van der Waals surface area contributed by atoms with Crippen LogP contribution in [0, 0.1) is 0 Å². The van der Waals surface area contributed by atoms with E-state index in [9.17, 15) is 5.11 Å². The minimum atomic E-state index is -0.460. The van der Waals surface area contributed by atoms with Crippen molar-refractivity contribution in [2.75, 3.05) is 0 Å². The van der Waals surface area contributed by atoms with Gasteiger partial charge in [-0.15, -0.1) is 0 Å². The zero-order valence-corrected chi connectivity index (χ0v) is 9.37. The summed E-state index contributed by atoms with van der Waals surface area (Å²) < 4.78 is 1.86. The van der Waals surface area contributed by atoms with Crippen LogP contribution in [0.25, 0.3) is 0 Å². The van der Waals surface area contributed by atoms with Gasteiger partial charge in [-0.2, -0.15) is 5.10 Å². The van der Waals surface area contributed by atoms with Crippen LogP contribution in [0.4, 0.5) is 0 Å². The van der Waals surface area contributed by atoms with Gasteiger partial charge in [-0.1, -0.05) is 30.3 Å². The number of aliphatic hydroxyl groups excluding tert-OH is 1. The van der Waals surface area contributed by atoms with Crippen LogP contribution in [0.3, 0.4) is 0 Å². The van der Waals surface area contributed by atoms with E-state index in [4.69, 9.17) is 0 Å². The molecule has 0 amide bonds. The molecule has 3 heteroatoms. The second-order valence-corrected chi connectivity index (χ2v) is 3.89. The van der Waals surface area contributed by atoms with Gasteiger partial charge in [0.25, 0.3) is 0 Å². The fourth-order valence-corrected chi connectivity index (χ4v) is 1.76. The Labute approximate surface area is 95.3 Å². The smallest absolute Gasteiger partial charge is 0.0928 e. The maximum Gasteiger partial charge on any atom is 0.0928 e. The Morgan fingerprint density at radius 2 is 2.00 bits per heavy atom. The molecule has 0 aliphatic carbocycles. The van der Waals surface area contributed by atoms with Crippen LogP contribution < -0.4 is 0 Å². The number of aryl methyl sites for hydroxylation is 2. The second-order valence-electron chi connectivity index (χ2n) is 3.89. The molecule has 0 aliphatic rings. The molecule has 0 spiro atoms. The van der Waals surface area contributed by atoms with Crippen LogP contribution >= 0.6 is 0 Å². The van der Waals surface area contributed by atoms with Crippen molar-refractivity contribution in [3.05, 3.63) is 53.9 Å². The van der Waals surface area contributed by atoms with Crippen molar-refractivity contribution in [2.45, 2.75) is 26.0 Å². The van der Waals surface area contributed by atoms with Gasteiger partial charge in [0.1, 0.15) is 0 Å². The lowest BCUT2D eigenvalue weighted by molar-refractivity contribution is 0.187. The van der Waals surface area contributed by atoms with E-state index in [1.165, 1.54) is 5.56 Å². The van der Waals surface area contributed by atoms with Crippen molar-refractivity contribution in [1.29, 1.82) is 0 Å². The summed E-state index contributed by atoms with van der Waals surface area (Å²) >= 11 is 0. The van der Waals surface area contributed by atoms with Gasteiger partial charge in [0, 0.05) is 12.7 Å². The van der Waals surface area contributed by atoms with E-state index in [0.717, 1.165) is 18.7 Å². The molecule has 16 heavy (non-hydrogen) atoms. The second kappa shape index (κ2) is 4.94. The van der Waals surface area contributed by atoms with Crippen LogP contribution in [0.15, 0.2) is 42.6 Å². The molecule has 0 saturated carbocycles. The first kappa shape index (κ1) is 10.9. The van der Waals surface area contributed by atoms with Gasteiger partial charge in [-0.05, 0) is 25.0 Å². The average molecular weight is 216 g/mol. The van der Waals surface area contributed by atoms with E-state index < -0.39 is 6.10 Å². The lowest BCUT2D eigenvalue weighted by Crippen LogP contribution is -2.09. The maximum absolute atomic E-state index is 9.53. The van der Waals surface area contributed by atoms with Crippen molar-refractivity contribution in [1.82, 2.24) is 9.78 Å². The van der Waals surface area contributed by atoms with Crippen LogP contribution in [0.1, 0.15) is 24.3 Å². The van der Waals surface area contributed by atoms with Crippen molar-refractivity contribution >= 4 is 0 Å². The molecule has 1 heterocycles. The molecule has 1 aromatic carbocycles. The Morgan fingerprint density at radius 3 is 2.69 bits per heavy atom. The van der Waals surface area contributed by atoms with Crippen molar-refractivity contribution in [3.8, 4) is 0 Å². The first-order chi connectivity index (χ1) is 7.77. The van der Waals surface area contributed by atoms with E-state index in [1.54, 1.807) is 13.1 Å². The third-order valence-corrected chi connectivity index (χ3v) is 2.63. The molecular formula is C13H16N2O. The van der Waals surface area contributed by atoms with Crippen molar-refractivity contribution in [2.24, 2.45) is 0 Å². The molecule has 1 aromatic heterocycles. The van der Waals surface area contributed by atoms with Gasteiger partial charge in [0.2, 0.25) is 0 Å². The summed E-state index contributed by atoms with van der Waals surface area (Å²) in [6, 6.07) is 12.1. The van der Waals surface area contributed by atoms with Crippen LogP contribution in [-0.4, -0.2) is 14.9 Å². The lowest BCUT2D eigenvalue weighted by Gasteiger charge is -2.09. The molecule has 0 radical (unpaired) electrons. The normalized spacial score (nSPS) is 12.6. The summed E-state index contributed by atoms with van der Waals surface area (Å²) in [6.45, 7) is 2.56. The van der Waals surface area contributed by atoms with Gasteiger partial charge in [0.15, 0.2) is 0 Å². The molecule has 0 aliphatic heterocycles. The summed E-state index contributed by atoms with van der Waals surface area (Å²) in [4.78, 5) is 0. The Hall–Kier alpha value is -1.61. The molecule has 0 fully saturated rings. The van der Waals surface area contributed by atoms with Gasteiger partial charge in [-0.3, -0.25) is 4.68 Å². The zero-order chi connectivity index (χ0) is 11.4. The van der Waals surface area contributed by atoms with E-state index >= 15 is 0 Å². The predicted molar refractivity (Wildman–Crippen MR) is 63.0 cm³/mol. The number of rotatable bonds is 4. The summed E-state index contributed by atoms with van der Waals surface area (Å²) in [7, 11) is 0. The van der Waals surface area contributed by atoms with Crippen molar-refractivity contribution < 1.29 is 5.11 Å².